The Hall–Kier alpha value is -0.160. The second kappa shape index (κ2) is 7.74. The van der Waals surface area contributed by atoms with E-state index in [9.17, 15) is 0 Å². The molecule has 0 aliphatic heterocycles. The topological polar surface area (TPSA) is 12.0 Å². The lowest BCUT2D eigenvalue weighted by Gasteiger charge is -2.18. The smallest absolute Gasteiger partial charge is 0.0731 e. The van der Waals surface area contributed by atoms with Crippen LogP contribution in [0, 0.1) is 6.92 Å². The summed E-state index contributed by atoms with van der Waals surface area (Å²) in [6, 6.07) is 11.1. The van der Waals surface area contributed by atoms with Crippen LogP contribution in [0.2, 0.25) is 0 Å². The fourth-order valence-electron chi connectivity index (χ4n) is 2.13. The molecule has 0 saturated heterocycles. The van der Waals surface area contributed by atoms with Gasteiger partial charge in [0.1, 0.15) is 0 Å². The summed E-state index contributed by atoms with van der Waals surface area (Å²) in [6.45, 7) is 5.40. The van der Waals surface area contributed by atoms with Gasteiger partial charge < -0.3 is 5.32 Å². The average Bonchev–Trinajstić information content (AvgIpc) is 2.76. The fraction of sp³-hybridized carbons (Fsp3) is 0.375. The lowest BCUT2D eigenvalue weighted by molar-refractivity contribution is 0.536. The quantitative estimate of drug-likeness (QED) is 0.621. The predicted octanol–water partition coefficient (Wildman–Crippen LogP) is 5.86. The summed E-state index contributed by atoms with van der Waals surface area (Å²) in [5.74, 6) is 0. The molecule has 2 aromatic rings. The molecule has 0 aliphatic carbocycles. The maximum Gasteiger partial charge on any atom is 0.0731 e. The van der Waals surface area contributed by atoms with Gasteiger partial charge in [-0.25, -0.2) is 0 Å². The van der Waals surface area contributed by atoms with Gasteiger partial charge in [0.15, 0.2) is 0 Å². The van der Waals surface area contributed by atoms with Gasteiger partial charge in [-0.1, -0.05) is 41.1 Å². The number of thiophene rings is 1. The normalized spacial score (nSPS) is 12.6. The van der Waals surface area contributed by atoms with Crippen molar-refractivity contribution in [2.75, 3.05) is 6.54 Å². The van der Waals surface area contributed by atoms with E-state index < -0.39 is 0 Å². The fourth-order valence-corrected chi connectivity index (χ4v) is 4.22. The van der Waals surface area contributed by atoms with Crippen molar-refractivity contribution in [3.8, 4) is 0 Å². The van der Waals surface area contributed by atoms with Crippen molar-refractivity contribution < 1.29 is 0 Å². The van der Waals surface area contributed by atoms with Crippen LogP contribution >= 0.6 is 43.2 Å². The summed E-state index contributed by atoms with van der Waals surface area (Å²) < 4.78 is 2.43. The van der Waals surface area contributed by atoms with E-state index in [0.717, 1.165) is 19.4 Å². The molecular weight excluding hydrogens is 398 g/mol. The summed E-state index contributed by atoms with van der Waals surface area (Å²) >= 11 is 9.12. The highest BCUT2D eigenvalue weighted by Crippen LogP contribution is 2.33. The van der Waals surface area contributed by atoms with Gasteiger partial charge >= 0.3 is 0 Å². The van der Waals surface area contributed by atoms with Crippen molar-refractivity contribution in [2.45, 2.75) is 32.7 Å². The molecule has 0 aliphatic rings. The Kier molecular flexibility index (Phi) is 6.27. The van der Waals surface area contributed by atoms with Gasteiger partial charge in [-0.3, -0.25) is 0 Å². The van der Waals surface area contributed by atoms with Gasteiger partial charge in [-0.2, -0.15) is 0 Å². The molecule has 0 saturated carbocycles. The van der Waals surface area contributed by atoms with E-state index in [1.54, 1.807) is 0 Å². The SMILES string of the molecule is CCCNC(Cc1ccccc1Br)c1cc(C)c(Br)s1. The van der Waals surface area contributed by atoms with E-state index in [1.165, 1.54) is 24.3 Å². The maximum absolute atomic E-state index is 3.67. The zero-order valence-electron chi connectivity index (χ0n) is 11.7. The molecule has 1 aromatic carbocycles. The highest BCUT2D eigenvalue weighted by atomic mass is 79.9. The Morgan fingerprint density at radius 1 is 1.25 bits per heavy atom. The molecular formula is C16H19Br2NS. The molecule has 2 rings (SSSR count). The largest absolute Gasteiger partial charge is 0.309 e. The van der Waals surface area contributed by atoms with E-state index in [2.05, 4.69) is 81.4 Å². The van der Waals surface area contributed by atoms with Gasteiger partial charge in [0.2, 0.25) is 0 Å². The summed E-state index contributed by atoms with van der Waals surface area (Å²) in [7, 11) is 0. The van der Waals surface area contributed by atoms with E-state index in [0.29, 0.717) is 6.04 Å². The average molecular weight is 417 g/mol. The van der Waals surface area contributed by atoms with Crippen molar-refractivity contribution >= 4 is 43.2 Å². The predicted molar refractivity (Wildman–Crippen MR) is 95.6 cm³/mol. The molecule has 0 amide bonds. The van der Waals surface area contributed by atoms with Crippen molar-refractivity contribution in [1.82, 2.24) is 5.32 Å². The van der Waals surface area contributed by atoms with Crippen LogP contribution in [0.15, 0.2) is 38.6 Å². The molecule has 1 unspecified atom stereocenters. The zero-order valence-corrected chi connectivity index (χ0v) is 15.7. The van der Waals surface area contributed by atoms with Crippen molar-refractivity contribution in [3.05, 3.63) is 54.6 Å². The minimum Gasteiger partial charge on any atom is -0.309 e. The lowest BCUT2D eigenvalue weighted by Crippen LogP contribution is -2.23. The number of halogens is 2. The number of hydrogen-bond acceptors (Lipinski definition) is 2. The Bertz CT molecular complexity index is 546. The van der Waals surface area contributed by atoms with Gasteiger partial charge in [-0.15, -0.1) is 11.3 Å². The highest BCUT2D eigenvalue weighted by Gasteiger charge is 2.16. The third kappa shape index (κ3) is 4.17. The molecule has 0 radical (unpaired) electrons. The third-order valence-corrected chi connectivity index (χ3v) is 6.27. The van der Waals surface area contributed by atoms with Gasteiger partial charge in [0, 0.05) is 15.4 Å². The molecule has 4 heteroatoms. The van der Waals surface area contributed by atoms with E-state index in [4.69, 9.17) is 0 Å². The summed E-state index contributed by atoms with van der Waals surface area (Å²) in [6.07, 6.45) is 2.16. The van der Waals surface area contributed by atoms with Crippen LogP contribution in [0.25, 0.3) is 0 Å². The van der Waals surface area contributed by atoms with E-state index in [1.807, 2.05) is 11.3 Å². The first-order valence-corrected chi connectivity index (χ1v) is 9.24. The second-order valence-corrected chi connectivity index (χ2v) is 8.16. The van der Waals surface area contributed by atoms with Crippen LogP contribution in [0.1, 0.15) is 35.4 Å². The van der Waals surface area contributed by atoms with Crippen LogP contribution in [0.3, 0.4) is 0 Å². The van der Waals surface area contributed by atoms with E-state index >= 15 is 0 Å². The molecule has 1 heterocycles. The number of aryl methyl sites for hydroxylation is 1. The summed E-state index contributed by atoms with van der Waals surface area (Å²) in [5.41, 5.74) is 2.67. The monoisotopic (exact) mass is 415 g/mol. The van der Waals surface area contributed by atoms with Crippen LogP contribution in [0.4, 0.5) is 0 Å². The van der Waals surface area contributed by atoms with Crippen LogP contribution in [-0.2, 0) is 6.42 Å². The van der Waals surface area contributed by atoms with E-state index in [-0.39, 0.29) is 0 Å². The lowest BCUT2D eigenvalue weighted by atomic mass is 10.0. The van der Waals surface area contributed by atoms with Crippen LogP contribution < -0.4 is 5.32 Å². The van der Waals surface area contributed by atoms with Crippen molar-refractivity contribution in [1.29, 1.82) is 0 Å². The van der Waals surface area contributed by atoms with Crippen molar-refractivity contribution in [3.63, 3.8) is 0 Å². The van der Waals surface area contributed by atoms with Crippen molar-refractivity contribution in [2.24, 2.45) is 0 Å². The molecule has 108 valence electrons. The standard InChI is InChI=1S/C16H19Br2NS/c1-3-8-19-14(15-9-11(2)16(18)20-15)10-12-6-4-5-7-13(12)17/h4-7,9,14,19H,3,8,10H2,1-2H3. The van der Waals surface area contributed by atoms with Gasteiger partial charge in [0.05, 0.1) is 3.79 Å². The number of benzene rings is 1. The minimum atomic E-state index is 0.378. The third-order valence-electron chi connectivity index (χ3n) is 3.24. The van der Waals surface area contributed by atoms with Crippen LogP contribution in [0.5, 0.6) is 0 Å². The molecule has 1 nitrogen and oxygen atoms in total. The molecule has 1 N–H and O–H groups in total. The molecule has 1 aromatic heterocycles. The summed E-state index contributed by atoms with van der Waals surface area (Å²) in [5, 5.41) is 3.67. The molecule has 0 bridgehead atoms. The first-order valence-electron chi connectivity index (χ1n) is 6.84. The molecule has 0 spiro atoms. The number of rotatable bonds is 6. The maximum atomic E-state index is 3.67. The number of hydrogen-bond donors (Lipinski definition) is 1. The Labute approximate surface area is 142 Å². The Morgan fingerprint density at radius 3 is 2.60 bits per heavy atom. The number of nitrogens with one attached hydrogen (secondary N) is 1. The zero-order chi connectivity index (χ0) is 14.5. The van der Waals surface area contributed by atoms with Gasteiger partial charge in [-0.05, 0) is 65.5 Å². The molecule has 1 atom stereocenters. The first kappa shape index (κ1) is 16.2. The molecule has 0 fully saturated rings. The Morgan fingerprint density at radius 2 is 2.00 bits per heavy atom. The summed E-state index contributed by atoms with van der Waals surface area (Å²) in [4.78, 5) is 1.40. The van der Waals surface area contributed by atoms with Gasteiger partial charge in [0.25, 0.3) is 0 Å². The van der Waals surface area contributed by atoms with Crippen LogP contribution in [-0.4, -0.2) is 6.54 Å². The minimum absolute atomic E-state index is 0.378. The Balaban J connectivity index is 2.21. The second-order valence-electron chi connectivity index (χ2n) is 4.91. The molecule has 20 heavy (non-hydrogen) atoms. The highest BCUT2D eigenvalue weighted by molar-refractivity contribution is 9.11. The first-order chi connectivity index (χ1) is 9.61.